The molecule has 0 aliphatic carbocycles. The van der Waals surface area contributed by atoms with Crippen LogP contribution in [0.2, 0.25) is 0 Å². The van der Waals surface area contributed by atoms with Crippen LogP contribution in [0.4, 0.5) is 5.82 Å². The van der Waals surface area contributed by atoms with Crippen molar-refractivity contribution in [3.05, 3.63) is 18.1 Å². The van der Waals surface area contributed by atoms with Crippen molar-refractivity contribution in [2.24, 2.45) is 0 Å². The molecule has 0 radical (unpaired) electrons. The molecule has 17 heavy (non-hydrogen) atoms. The van der Waals surface area contributed by atoms with E-state index < -0.39 is 5.97 Å². The van der Waals surface area contributed by atoms with Gasteiger partial charge in [0.1, 0.15) is 0 Å². The second kappa shape index (κ2) is 4.67. The molecule has 1 saturated heterocycles. The molecule has 1 N–H and O–H groups in total. The van der Waals surface area contributed by atoms with E-state index >= 15 is 0 Å². The van der Waals surface area contributed by atoms with E-state index in [9.17, 15) is 4.79 Å². The molecular weight excluding hydrogens is 220 g/mol. The Labute approximate surface area is 99.9 Å². The van der Waals surface area contributed by atoms with Crippen LogP contribution >= 0.6 is 0 Å². The third-order valence-electron chi connectivity index (χ3n) is 2.98. The zero-order chi connectivity index (χ0) is 12.4. The van der Waals surface area contributed by atoms with Gasteiger partial charge >= 0.3 is 5.97 Å². The van der Waals surface area contributed by atoms with E-state index in [1.165, 1.54) is 12.4 Å². The predicted octanol–water partition coefficient (Wildman–Crippen LogP) is 0.315. The van der Waals surface area contributed by atoms with E-state index in [0.717, 1.165) is 19.6 Å². The maximum Gasteiger partial charge on any atom is 0.358 e. The number of aromatic nitrogens is 2. The van der Waals surface area contributed by atoms with Crippen LogP contribution in [-0.2, 0) is 0 Å². The minimum Gasteiger partial charge on any atom is -0.476 e. The Balaban J connectivity index is 2.30. The molecule has 0 aromatic carbocycles. The van der Waals surface area contributed by atoms with E-state index in [-0.39, 0.29) is 11.7 Å². The van der Waals surface area contributed by atoms with Crippen LogP contribution in [-0.4, -0.2) is 58.7 Å². The zero-order valence-electron chi connectivity index (χ0n) is 10.00. The van der Waals surface area contributed by atoms with Crippen molar-refractivity contribution < 1.29 is 9.90 Å². The van der Waals surface area contributed by atoms with E-state index in [1.807, 2.05) is 4.90 Å². The Morgan fingerprint density at radius 2 is 2.12 bits per heavy atom. The van der Waals surface area contributed by atoms with Gasteiger partial charge in [0, 0.05) is 38.1 Å². The van der Waals surface area contributed by atoms with Crippen molar-refractivity contribution in [1.82, 2.24) is 14.9 Å². The summed E-state index contributed by atoms with van der Waals surface area (Å²) in [4.78, 5) is 23.4. The lowest BCUT2D eigenvalue weighted by Crippen LogP contribution is -2.51. The largest absolute Gasteiger partial charge is 0.476 e. The van der Waals surface area contributed by atoms with Gasteiger partial charge in [0.2, 0.25) is 0 Å². The number of aromatic carboxylic acids is 1. The molecule has 2 rings (SSSR count). The van der Waals surface area contributed by atoms with Gasteiger partial charge in [-0.15, -0.1) is 0 Å². The number of carbonyl (C=O) groups is 1. The van der Waals surface area contributed by atoms with Gasteiger partial charge in [-0.25, -0.2) is 14.8 Å². The number of hydrogen-bond donors (Lipinski definition) is 1. The predicted molar refractivity (Wildman–Crippen MR) is 63.3 cm³/mol. The van der Waals surface area contributed by atoms with Crippen LogP contribution in [0.15, 0.2) is 12.4 Å². The second-order valence-corrected chi connectivity index (χ2v) is 4.34. The van der Waals surface area contributed by atoms with Gasteiger partial charge in [-0.3, -0.25) is 0 Å². The fourth-order valence-electron chi connectivity index (χ4n) is 2.15. The highest BCUT2D eigenvalue weighted by molar-refractivity contribution is 5.91. The summed E-state index contributed by atoms with van der Waals surface area (Å²) < 4.78 is 0. The summed E-state index contributed by atoms with van der Waals surface area (Å²) in [6.45, 7) is 4.64. The summed E-state index contributed by atoms with van der Waals surface area (Å²) in [6, 6.07) is 0.239. The molecule has 6 nitrogen and oxygen atoms in total. The van der Waals surface area contributed by atoms with Crippen LogP contribution in [0.1, 0.15) is 17.4 Å². The van der Waals surface area contributed by atoms with E-state index in [4.69, 9.17) is 5.11 Å². The highest BCUT2D eigenvalue weighted by atomic mass is 16.4. The molecule has 1 aliphatic rings. The summed E-state index contributed by atoms with van der Waals surface area (Å²) in [5.41, 5.74) is 0.0314. The molecule has 6 heteroatoms. The molecule has 1 aromatic rings. The SMILES string of the molecule is CC1CN(C)CCN1c1nccnc1C(=O)O. The maximum absolute atomic E-state index is 11.1. The number of piperazine rings is 1. The molecule has 1 atom stereocenters. The molecule has 1 aliphatic heterocycles. The van der Waals surface area contributed by atoms with Crippen LogP contribution in [0.25, 0.3) is 0 Å². The third kappa shape index (κ3) is 2.36. The smallest absolute Gasteiger partial charge is 0.358 e. The lowest BCUT2D eigenvalue weighted by molar-refractivity contribution is 0.0690. The van der Waals surface area contributed by atoms with Crippen molar-refractivity contribution in [2.75, 3.05) is 31.6 Å². The number of rotatable bonds is 2. The fourth-order valence-corrected chi connectivity index (χ4v) is 2.15. The summed E-state index contributed by atoms with van der Waals surface area (Å²) >= 11 is 0. The lowest BCUT2D eigenvalue weighted by Gasteiger charge is -2.39. The Bertz CT molecular complexity index is 424. The van der Waals surface area contributed by atoms with E-state index in [1.54, 1.807) is 0 Å². The summed E-state index contributed by atoms with van der Waals surface area (Å²) in [7, 11) is 2.06. The Hall–Kier alpha value is -1.69. The quantitative estimate of drug-likeness (QED) is 0.797. The molecule has 1 unspecified atom stereocenters. The molecule has 1 fully saturated rings. The highest BCUT2D eigenvalue weighted by Gasteiger charge is 2.26. The van der Waals surface area contributed by atoms with Crippen LogP contribution in [0.3, 0.4) is 0 Å². The number of nitrogens with zero attached hydrogens (tertiary/aromatic N) is 4. The average molecular weight is 236 g/mol. The first-order valence-corrected chi connectivity index (χ1v) is 5.59. The van der Waals surface area contributed by atoms with Gasteiger partial charge in [0.25, 0.3) is 0 Å². The first-order chi connectivity index (χ1) is 8.09. The van der Waals surface area contributed by atoms with Gasteiger partial charge in [0.15, 0.2) is 11.5 Å². The molecule has 0 spiro atoms. The lowest BCUT2D eigenvalue weighted by atomic mass is 10.2. The molecule has 0 amide bonds. The molecule has 0 saturated carbocycles. The van der Waals surface area contributed by atoms with Gasteiger partial charge < -0.3 is 14.9 Å². The van der Waals surface area contributed by atoms with Crippen LogP contribution < -0.4 is 4.90 Å². The van der Waals surface area contributed by atoms with Crippen molar-refractivity contribution in [1.29, 1.82) is 0 Å². The monoisotopic (exact) mass is 236 g/mol. The van der Waals surface area contributed by atoms with Crippen molar-refractivity contribution >= 4 is 11.8 Å². The third-order valence-corrected chi connectivity index (χ3v) is 2.98. The molecular formula is C11H16N4O2. The molecule has 1 aromatic heterocycles. The van der Waals surface area contributed by atoms with Gasteiger partial charge in [0.05, 0.1) is 0 Å². The molecule has 92 valence electrons. The summed E-state index contributed by atoms with van der Waals surface area (Å²) in [5, 5.41) is 9.09. The zero-order valence-corrected chi connectivity index (χ0v) is 10.00. The average Bonchev–Trinajstić information content (AvgIpc) is 2.29. The number of carboxylic acid groups (broad SMARTS) is 1. The van der Waals surface area contributed by atoms with Crippen LogP contribution in [0.5, 0.6) is 0 Å². The number of carboxylic acids is 1. The molecule has 0 bridgehead atoms. The maximum atomic E-state index is 11.1. The highest BCUT2D eigenvalue weighted by Crippen LogP contribution is 2.20. The van der Waals surface area contributed by atoms with Crippen molar-refractivity contribution in [3.63, 3.8) is 0 Å². The fraction of sp³-hybridized carbons (Fsp3) is 0.545. The van der Waals surface area contributed by atoms with Gasteiger partial charge in [-0.05, 0) is 14.0 Å². The van der Waals surface area contributed by atoms with Crippen LogP contribution in [0, 0.1) is 0 Å². The Kier molecular flexibility index (Phi) is 3.23. The first-order valence-electron chi connectivity index (χ1n) is 5.59. The minimum absolute atomic E-state index is 0.0314. The number of hydrogen-bond acceptors (Lipinski definition) is 5. The minimum atomic E-state index is -1.03. The van der Waals surface area contributed by atoms with Crippen molar-refractivity contribution in [3.8, 4) is 0 Å². The normalized spacial score (nSPS) is 21.5. The Morgan fingerprint density at radius 3 is 2.76 bits per heavy atom. The molecule has 2 heterocycles. The first kappa shape index (κ1) is 11.8. The topological polar surface area (TPSA) is 69.6 Å². The van der Waals surface area contributed by atoms with Gasteiger partial charge in [-0.2, -0.15) is 0 Å². The number of anilines is 1. The standard InChI is InChI=1S/C11H16N4O2/c1-8-7-14(2)5-6-15(8)10-9(11(16)17)12-3-4-13-10/h3-4,8H,5-7H2,1-2H3,(H,16,17). The van der Waals surface area contributed by atoms with Crippen molar-refractivity contribution in [2.45, 2.75) is 13.0 Å². The van der Waals surface area contributed by atoms with E-state index in [2.05, 4.69) is 28.8 Å². The summed E-state index contributed by atoms with van der Waals surface area (Å²) in [6.07, 6.45) is 2.94. The Morgan fingerprint density at radius 1 is 1.41 bits per heavy atom. The summed E-state index contributed by atoms with van der Waals surface area (Å²) in [5.74, 6) is -0.556. The van der Waals surface area contributed by atoms with Gasteiger partial charge in [-0.1, -0.05) is 0 Å². The number of likely N-dealkylation sites (N-methyl/N-ethyl adjacent to an activating group) is 1. The second-order valence-electron chi connectivity index (χ2n) is 4.34. The van der Waals surface area contributed by atoms with E-state index in [0.29, 0.717) is 5.82 Å².